The average molecular weight is 445 g/mol. The van der Waals surface area contributed by atoms with Crippen LogP contribution in [0.4, 0.5) is 0 Å². The van der Waals surface area contributed by atoms with Crippen LogP contribution in [0.3, 0.4) is 0 Å². The monoisotopic (exact) mass is 444 g/mol. The van der Waals surface area contributed by atoms with E-state index >= 15 is 0 Å². The number of aliphatic hydroxyl groups excluding tert-OH is 1. The fourth-order valence-corrected chi connectivity index (χ4v) is 4.40. The third-order valence-corrected chi connectivity index (χ3v) is 6.26. The second-order valence-corrected chi connectivity index (χ2v) is 8.70. The molecule has 176 valence electrons. The van der Waals surface area contributed by atoms with Gasteiger partial charge in [-0.2, -0.15) is 0 Å². The maximum absolute atomic E-state index is 10.7. The van der Waals surface area contributed by atoms with Crippen molar-refractivity contribution in [3.63, 3.8) is 0 Å². The fraction of sp³-hybridized carbons (Fsp3) is 0.615. The summed E-state index contributed by atoms with van der Waals surface area (Å²) >= 11 is 0. The molecule has 3 unspecified atom stereocenters. The van der Waals surface area contributed by atoms with E-state index in [0.29, 0.717) is 33.0 Å². The van der Waals surface area contributed by atoms with Gasteiger partial charge in [0, 0.05) is 13.2 Å². The van der Waals surface area contributed by atoms with E-state index in [4.69, 9.17) is 23.7 Å². The minimum Gasteiger partial charge on any atom is -0.374 e. The lowest BCUT2D eigenvalue weighted by atomic mass is 9.97. The van der Waals surface area contributed by atoms with Gasteiger partial charge in [-0.3, -0.25) is 0 Å². The van der Waals surface area contributed by atoms with Crippen LogP contribution in [0, 0.1) is 0 Å². The molecule has 0 amide bonds. The van der Waals surface area contributed by atoms with E-state index in [1.54, 1.807) is 0 Å². The van der Waals surface area contributed by atoms with Gasteiger partial charge < -0.3 is 28.8 Å². The SMILES string of the molecule is CCCCOC1C2OCc3cc4ccccc4cc3COCC(O[C@H]1O)[C@H]2OCCCC. The van der Waals surface area contributed by atoms with Crippen molar-refractivity contribution in [2.24, 2.45) is 0 Å². The van der Waals surface area contributed by atoms with E-state index in [2.05, 4.69) is 38.1 Å². The van der Waals surface area contributed by atoms with Gasteiger partial charge in [0.25, 0.3) is 0 Å². The maximum atomic E-state index is 10.7. The first-order valence-corrected chi connectivity index (χ1v) is 12.0. The Morgan fingerprint density at radius 1 is 0.906 bits per heavy atom. The highest BCUT2D eigenvalue weighted by Crippen LogP contribution is 2.31. The van der Waals surface area contributed by atoms with Crippen molar-refractivity contribution in [2.75, 3.05) is 19.8 Å². The van der Waals surface area contributed by atoms with Crippen LogP contribution in [-0.2, 0) is 36.9 Å². The Morgan fingerprint density at radius 3 is 2.19 bits per heavy atom. The summed E-state index contributed by atoms with van der Waals surface area (Å²) in [5.41, 5.74) is 2.19. The lowest BCUT2D eigenvalue weighted by Gasteiger charge is -2.45. The zero-order valence-electron chi connectivity index (χ0n) is 19.2. The molecule has 4 rings (SSSR count). The van der Waals surface area contributed by atoms with Gasteiger partial charge in [0.1, 0.15) is 24.4 Å². The Bertz CT molecular complexity index is 855. The van der Waals surface area contributed by atoms with Crippen LogP contribution in [-0.4, -0.2) is 55.6 Å². The van der Waals surface area contributed by atoms with Crippen LogP contribution < -0.4 is 0 Å². The van der Waals surface area contributed by atoms with Crippen molar-refractivity contribution < 1.29 is 28.8 Å². The molecule has 2 heterocycles. The predicted octanol–water partition coefficient (Wildman–Crippen LogP) is 4.34. The lowest BCUT2D eigenvalue weighted by Crippen LogP contribution is -2.61. The molecule has 2 aliphatic heterocycles. The average Bonchev–Trinajstić information content (AvgIpc) is 2.80. The minimum absolute atomic E-state index is 0.321. The van der Waals surface area contributed by atoms with Gasteiger partial charge >= 0.3 is 0 Å². The second kappa shape index (κ2) is 11.5. The number of hydrogen-bond donors (Lipinski definition) is 1. The van der Waals surface area contributed by atoms with Gasteiger partial charge in [-0.25, -0.2) is 0 Å². The molecule has 32 heavy (non-hydrogen) atoms. The first kappa shape index (κ1) is 23.6. The first-order valence-electron chi connectivity index (χ1n) is 12.0. The summed E-state index contributed by atoms with van der Waals surface area (Å²) in [6, 6.07) is 12.6. The molecule has 1 fully saturated rings. The van der Waals surface area contributed by atoms with Crippen LogP contribution >= 0.6 is 0 Å². The predicted molar refractivity (Wildman–Crippen MR) is 122 cm³/mol. The largest absolute Gasteiger partial charge is 0.374 e. The highest BCUT2D eigenvalue weighted by atomic mass is 16.7. The molecule has 5 atom stereocenters. The molecule has 2 aromatic carbocycles. The van der Waals surface area contributed by atoms with Crippen molar-refractivity contribution >= 4 is 10.8 Å². The molecule has 0 aliphatic carbocycles. The Balaban J connectivity index is 1.62. The Labute approximate surface area is 190 Å². The quantitative estimate of drug-likeness (QED) is 0.611. The van der Waals surface area contributed by atoms with Crippen LogP contribution in [0.15, 0.2) is 36.4 Å². The van der Waals surface area contributed by atoms with Gasteiger partial charge in [-0.05, 0) is 46.9 Å². The van der Waals surface area contributed by atoms with Crippen LogP contribution in [0.2, 0.25) is 0 Å². The van der Waals surface area contributed by atoms with Crippen molar-refractivity contribution in [3.05, 3.63) is 47.5 Å². The molecule has 0 radical (unpaired) electrons. The molecule has 0 spiro atoms. The summed E-state index contributed by atoms with van der Waals surface area (Å²) in [6.07, 6.45) is 1.02. The number of fused-ring (bicyclic) bond motifs is 4. The van der Waals surface area contributed by atoms with Crippen molar-refractivity contribution in [2.45, 2.75) is 83.5 Å². The summed E-state index contributed by atoms with van der Waals surface area (Å²) in [5.74, 6) is 0. The molecule has 2 bridgehead atoms. The van der Waals surface area contributed by atoms with Crippen molar-refractivity contribution in [3.8, 4) is 0 Å². The Hall–Kier alpha value is -1.54. The van der Waals surface area contributed by atoms with Crippen LogP contribution in [0.5, 0.6) is 0 Å². The van der Waals surface area contributed by atoms with E-state index in [1.807, 2.05) is 12.1 Å². The summed E-state index contributed by atoms with van der Waals surface area (Å²) in [6.45, 7) is 6.59. The molecule has 0 aromatic heterocycles. The van der Waals surface area contributed by atoms with E-state index in [0.717, 1.165) is 36.8 Å². The number of aliphatic hydroxyl groups is 1. The topological polar surface area (TPSA) is 66.4 Å². The van der Waals surface area contributed by atoms with Crippen molar-refractivity contribution in [1.82, 2.24) is 0 Å². The normalized spacial score (nSPS) is 28.4. The molecule has 0 saturated carbocycles. The number of benzene rings is 2. The maximum Gasteiger partial charge on any atom is 0.184 e. The zero-order valence-corrected chi connectivity index (χ0v) is 19.2. The summed E-state index contributed by atoms with van der Waals surface area (Å²) in [5, 5.41) is 13.1. The second-order valence-electron chi connectivity index (χ2n) is 8.70. The highest BCUT2D eigenvalue weighted by molar-refractivity contribution is 5.84. The zero-order chi connectivity index (χ0) is 22.3. The van der Waals surface area contributed by atoms with Crippen LogP contribution in [0.25, 0.3) is 10.8 Å². The minimum atomic E-state index is -1.08. The van der Waals surface area contributed by atoms with Gasteiger partial charge in [0.15, 0.2) is 6.29 Å². The number of hydrogen-bond acceptors (Lipinski definition) is 6. The van der Waals surface area contributed by atoms with E-state index in [1.165, 1.54) is 10.8 Å². The third kappa shape index (κ3) is 5.50. The Kier molecular flexibility index (Phi) is 8.52. The fourth-order valence-electron chi connectivity index (χ4n) is 4.40. The van der Waals surface area contributed by atoms with Crippen LogP contribution in [0.1, 0.15) is 50.7 Å². The van der Waals surface area contributed by atoms with Gasteiger partial charge in [0.05, 0.1) is 19.8 Å². The van der Waals surface area contributed by atoms with Crippen molar-refractivity contribution in [1.29, 1.82) is 0 Å². The van der Waals surface area contributed by atoms with E-state index in [9.17, 15) is 5.11 Å². The molecular formula is C26H36O6. The standard InChI is InChI=1S/C26H36O6/c1-3-5-11-29-23-22-17-28-15-20-13-18-9-7-8-10-19(18)14-21(20)16-31-24(23)25(26(27)32-22)30-12-6-4-2/h7-10,13-14,22-27H,3-6,11-12,15-17H2,1-2H3/t22?,23-,24?,25?,26-/m1/s1. The number of unbranched alkanes of at least 4 members (excludes halogenated alkanes) is 2. The third-order valence-electron chi connectivity index (χ3n) is 6.26. The summed E-state index contributed by atoms with van der Waals surface area (Å²) in [4.78, 5) is 0. The van der Waals surface area contributed by atoms with Gasteiger partial charge in [-0.15, -0.1) is 0 Å². The molecule has 6 nitrogen and oxygen atoms in total. The molecular weight excluding hydrogens is 408 g/mol. The number of rotatable bonds is 8. The number of ether oxygens (including phenoxy) is 5. The van der Waals surface area contributed by atoms with E-state index < -0.39 is 24.6 Å². The molecule has 2 aliphatic rings. The Morgan fingerprint density at radius 2 is 1.53 bits per heavy atom. The van der Waals surface area contributed by atoms with Gasteiger partial charge in [-0.1, -0.05) is 51.0 Å². The summed E-state index contributed by atoms with van der Waals surface area (Å²) < 4.78 is 30.8. The highest BCUT2D eigenvalue weighted by Gasteiger charge is 2.48. The van der Waals surface area contributed by atoms with E-state index in [-0.39, 0.29) is 6.10 Å². The first-order chi connectivity index (χ1) is 15.7. The molecule has 6 heteroatoms. The summed E-state index contributed by atoms with van der Waals surface area (Å²) in [7, 11) is 0. The van der Waals surface area contributed by atoms with Gasteiger partial charge in [0.2, 0.25) is 0 Å². The lowest BCUT2D eigenvalue weighted by molar-refractivity contribution is -0.314. The smallest absolute Gasteiger partial charge is 0.184 e. The molecule has 1 N–H and O–H groups in total. The molecule has 1 saturated heterocycles. The molecule has 2 aromatic rings.